The van der Waals surface area contributed by atoms with E-state index in [9.17, 15) is 4.79 Å². The van der Waals surface area contributed by atoms with E-state index in [4.69, 9.17) is 0 Å². The van der Waals surface area contributed by atoms with E-state index in [0.29, 0.717) is 12.5 Å². The Morgan fingerprint density at radius 3 is 2.42 bits per heavy atom. The van der Waals surface area contributed by atoms with E-state index in [1.54, 1.807) is 4.68 Å². The summed E-state index contributed by atoms with van der Waals surface area (Å²) in [5.41, 5.74) is 3.82. The van der Waals surface area contributed by atoms with Crippen molar-refractivity contribution in [2.45, 2.75) is 20.4 Å². The minimum absolute atomic E-state index is 0.294. The van der Waals surface area contributed by atoms with Crippen molar-refractivity contribution >= 4 is 17.7 Å². The topological polar surface area (TPSA) is 84.7 Å². The van der Waals surface area contributed by atoms with E-state index in [1.165, 1.54) is 0 Å². The van der Waals surface area contributed by atoms with Gasteiger partial charge in [0.25, 0.3) is 5.95 Å². The predicted molar refractivity (Wildman–Crippen MR) is 91.9 cm³/mol. The second-order valence-electron chi connectivity index (χ2n) is 5.49. The minimum Gasteiger partial charge on any atom is -0.307 e. The quantitative estimate of drug-likeness (QED) is 0.773. The highest BCUT2D eigenvalue weighted by atomic mass is 16.2. The number of carbonyl (C=O) groups is 1. The van der Waals surface area contributed by atoms with Crippen LogP contribution in [0.4, 0.5) is 16.4 Å². The minimum atomic E-state index is -0.378. The van der Waals surface area contributed by atoms with Crippen molar-refractivity contribution in [3.63, 3.8) is 0 Å². The zero-order chi connectivity index (χ0) is 16.9. The van der Waals surface area contributed by atoms with Gasteiger partial charge in [0.1, 0.15) is 0 Å². The molecule has 7 heteroatoms. The Morgan fingerprint density at radius 2 is 1.71 bits per heavy atom. The zero-order valence-corrected chi connectivity index (χ0v) is 13.5. The summed E-state index contributed by atoms with van der Waals surface area (Å²) in [6, 6.07) is 15.3. The lowest BCUT2D eigenvalue weighted by molar-refractivity contribution is 0.262. The first kappa shape index (κ1) is 15.7. The molecule has 0 fully saturated rings. The van der Waals surface area contributed by atoms with E-state index < -0.39 is 0 Å². The summed E-state index contributed by atoms with van der Waals surface area (Å²) in [5, 5.41) is 17.0. The average molecular weight is 322 g/mol. The molecule has 0 saturated carbocycles. The molecule has 122 valence electrons. The van der Waals surface area contributed by atoms with Gasteiger partial charge in [-0.25, -0.2) is 9.48 Å². The largest absolute Gasteiger partial charge is 0.326 e. The molecular weight excluding hydrogens is 304 g/mol. The number of tetrazole rings is 1. The van der Waals surface area contributed by atoms with Gasteiger partial charge in [0.15, 0.2) is 0 Å². The predicted octanol–water partition coefficient (Wildman–Crippen LogP) is 2.98. The lowest BCUT2D eigenvalue weighted by Crippen LogP contribution is -2.23. The first-order valence-electron chi connectivity index (χ1n) is 7.58. The Hall–Kier alpha value is -3.22. The van der Waals surface area contributed by atoms with Crippen LogP contribution in [0.25, 0.3) is 0 Å². The molecule has 1 heterocycles. The van der Waals surface area contributed by atoms with Crippen molar-refractivity contribution in [3.8, 4) is 0 Å². The molecule has 3 rings (SSSR count). The Labute approximate surface area is 139 Å². The van der Waals surface area contributed by atoms with Crippen LogP contribution in [-0.4, -0.2) is 26.2 Å². The summed E-state index contributed by atoms with van der Waals surface area (Å²) >= 11 is 0. The molecule has 0 saturated heterocycles. The van der Waals surface area contributed by atoms with Crippen LogP contribution < -0.4 is 10.6 Å². The van der Waals surface area contributed by atoms with Gasteiger partial charge in [-0.2, -0.15) is 0 Å². The van der Waals surface area contributed by atoms with Gasteiger partial charge in [0.2, 0.25) is 0 Å². The van der Waals surface area contributed by atoms with Crippen molar-refractivity contribution in [2.75, 3.05) is 10.6 Å². The van der Waals surface area contributed by atoms with E-state index in [1.807, 2.05) is 62.4 Å². The van der Waals surface area contributed by atoms with Gasteiger partial charge < -0.3 is 5.32 Å². The highest BCUT2D eigenvalue weighted by molar-refractivity contribution is 5.99. The molecule has 0 aliphatic heterocycles. The van der Waals surface area contributed by atoms with Crippen LogP contribution in [0.5, 0.6) is 0 Å². The molecule has 0 radical (unpaired) electrons. The number of rotatable bonds is 4. The maximum atomic E-state index is 12.3. The van der Waals surface area contributed by atoms with Crippen molar-refractivity contribution < 1.29 is 4.79 Å². The Balaban J connectivity index is 1.71. The molecule has 0 spiro atoms. The Kier molecular flexibility index (Phi) is 4.51. The Morgan fingerprint density at radius 1 is 1.00 bits per heavy atom. The number of hydrogen-bond donors (Lipinski definition) is 2. The molecular formula is C17H18N6O. The van der Waals surface area contributed by atoms with Gasteiger partial charge in [-0.3, -0.25) is 5.32 Å². The lowest BCUT2D eigenvalue weighted by atomic mass is 10.1. The van der Waals surface area contributed by atoms with Crippen molar-refractivity contribution in [1.29, 1.82) is 0 Å². The highest BCUT2D eigenvalue weighted by Gasteiger charge is 2.12. The summed E-state index contributed by atoms with van der Waals surface area (Å²) in [7, 11) is 0. The molecule has 24 heavy (non-hydrogen) atoms. The third-order valence-electron chi connectivity index (χ3n) is 3.65. The molecule has 2 amide bonds. The standard InChI is InChI=1S/C17H18N6O/c1-12-7-6-8-13(2)15(12)18-17(24)19-16-20-21-22-23(16)11-14-9-4-3-5-10-14/h3-10H,11H2,1-2H3,(H2,18,19,20,22,24). The summed E-state index contributed by atoms with van der Waals surface area (Å²) in [6.45, 7) is 4.37. The summed E-state index contributed by atoms with van der Waals surface area (Å²) in [4.78, 5) is 12.3. The molecule has 1 aromatic heterocycles. The molecule has 0 bridgehead atoms. The smallest absolute Gasteiger partial charge is 0.307 e. The van der Waals surface area contributed by atoms with E-state index in [-0.39, 0.29) is 6.03 Å². The zero-order valence-electron chi connectivity index (χ0n) is 13.5. The van der Waals surface area contributed by atoms with Crippen LogP contribution in [0, 0.1) is 13.8 Å². The first-order valence-corrected chi connectivity index (χ1v) is 7.58. The third kappa shape index (κ3) is 3.57. The second kappa shape index (κ2) is 6.91. The Bertz CT molecular complexity index is 823. The van der Waals surface area contributed by atoms with Crippen molar-refractivity contribution in [1.82, 2.24) is 20.2 Å². The lowest BCUT2D eigenvalue weighted by Gasteiger charge is -2.12. The fraction of sp³-hybridized carbons (Fsp3) is 0.176. The van der Waals surface area contributed by atoms with E-state index in [2.05, 4.69) is 26.2 Å². The highest BCUT2D eigenvalue weighted by Crippen LogP contribution is 2.19. The number of anilines is 2. The van der Waals surface area contributed by atoms with Gasteiger partial charge in [-0.15, -0.1) is 0 Å². The molecule has 7 nitrogen and oxygen atoms in total. The van der Waals surface area contributed by atoms with Gasteiger partial charge in [-0.1, -0.05) is 53.6 Å². The normalized spacial score (nSPS) is 10.4. The number of nitrogens with zero attached hydrogens (tertiary/aromatic N) is 4. The number of amides is 2. The average Bonchev–Trinajstić information content (AvgIpc) is 2.99. The molecule has 2 aromatic carbocycles. The molecule has 0 aliphatic carbocycles. The maximum Gasteiger partial charge on any atom is 0.326 e. The number of aromatic nitrogens is 4. The van der Waals surface area contributed by atoms with E-state index >= 15 is 0 Å². The third-order valence-corrected chi connectivity index (χ3v) is 3.65. The fourth-order valence-corrected chi connectivity index (χ4v) is 2.41. The van der Waals surface area contributed by atoms with Crippen molar-refractivity contribution in [3.05, 3.63) is 65.2 Å². The molecule has 3 aromatic rings. The number of urea groups is 1. The van der Waals surface area contributed by atoms with Gasteiger partial charge in [0, 0.05) is 5.69 Å². The SMILES string of the molecule is Cc1cccc(C)c1NC(=O)Nc1nnnn1Cc1ccccc1. The summed E-state index contributed by atoms with van der Waals surface area (Å²) in [6.07, 6.45) is 0. The van der Waals surface area contributed by atoms with Gasteiger partial charge in [0.05, 0.1) is 6.54 Å². The van der Waals surface area contributed by atoms with Crippen LogP contribution >= 0.6 is 0 Å². The number of carbonyl (C=O) groups excluding carboxylic acids is 1. The van der Waals surface area contributed by atoms with Crippen molar-refractivity contribution in [2.24, 2.45) is 0 Å². The number of nitrogens with one attached hydrogen (secondary N) is 2. The number of benzene rings is 2. The van der Waals surface area contributed by atoms with Crippen LogP contribution in [-0.2, 0) is 6.54 Å². The van der Waals surface area contributed by atoms with Crippen LogP contribution in [0.2, 0.25) is 0 Å². The van der Waals surface area contributed by atoms with Crippen LogP contribution in [0.15, 0.2) is 48.5 Å². The second-order valence-corrected chi connectivity index (χ2v) is 5.49. The van der Waals surface area contributed by atoms with Gasteiger partial charge in [-0.05, 0) is 41.0 Å². The fourth-order valence-electron chi connectivity index (χ4n) is 2.41. The van der Waals surface area contributed by atoms with Crippen LogP contribution in [0.1, 0.15) is 16.7 Å². The van der Waals surface area contributed by atoms with E-state index in [0.717, 1.165) is 22.4 Å². The molecule has 2 N–H and O–H groups in total. The summed E-state index contributed by atoms with van der Waals surface area (Å²) < 4.78 is 1.54. The van der Waals surface area contributed by atoms with Gasteiger partial charge >= 0.3 is 6.03 Å². The first-order chi connectivity index (χ1) is 11.6. The molecule has 0 atom stereocenters. The molecule has 0 aliphatic rings. The number of para-hydroxylation sites is 1. The molecule has 0 unspecified atom stereocenters. The number of aryl methyl sites for hydroxylation is 2. The maximum absolute atomic E-state index is 12.3. The number of hydrogen-bond acceptors (Lipinski definition) is 4. The monoisotopic (exact) mass is 322 g/mol. The van der Waals surface area contributed by atoms with Crippen LogP contribution in [0.3, 0.4) is 0 Å². The summed E-state index contributed by atoms with van der Waals surface area (Å²) in [5.74, 6) is 0.294.